The maximum Gasteiger partial charge on any atom is 0.416 e. The summed E-state index contributed by atoms with van der Waals surface area (Å²) in [7, 11) is 0. The summed E-state index contributed by atoms with van der Waals surface area (Å²) in [5.74, 6) is -0.119. The van der Waals surface area contributed by atoms with Gasteiger partial charge < -0.3 is 16.2 Å². The van der Waals surface area contributed by atoms with Gasteiger partial charge in [-0.2, -0.15) is 13.2 Å². The number of halogens is 4. The largest absolute Gasteiger partial charge is 0.416 e. The highest BCUT2D eigenvalue weighted by molar-refractivity contribution is 5.85. The number of carbonyl (C=O) groups is 1. The Bertz CT molecular complexity index is 593. The molecule has 1 fully saturated rings. The molecule has 0 bridgehead atoms. The van der Waals surface area contributed by atoms with Crippen LogP contribution in [-0.2, 0) is 17.4 Å². The first-order chi connectivity index (χ1) is 12.3. The Kier molecular flexibility index (Phi) is 9.56. The Balaban J connectivity index is 0.00000364. The fraction of sp³-hybridized carbons (Fsp3) is 0.632. The summed E-state index contributed by atoms with van der Waals surface area (Å²) in [5.41, 5.74) is 5.72. The maximum atomic E-state index is 12.7. The molecule has 0 heterocycles. The van der Waals surface area contributed by atoms with Crippen LogP contribution >= 0.6 is 12.4 Å². The fourth-order valence-electron chi connectivity index (χ4n) is 3.47. The molecule has 0 aliphatic heterocycles. The molecule has 2 rings (SSSR count). The lowest BCUT2D eigenvalue weighted by molar-refractivity contribution is -0.137. The molecule has 27 heavy (non-hydrogen) atoms. The first-order valence-electron chi connectivity index (χ1n) is 9.15. The maximum absolute atomic E-state index is 12.7. The predicted octanol–water partition coefficient (Wildman–Crippen LogP) is 3.44. The van der Waals surface area contributed by atoms with Crippen LogP contribution in [0, 0.1) is 5.92 Å². The number of nitrogens with two attached hydrogens (primary N) is 1. The molecule has 1 unspecified atom stereocenters. The molecule has 1 aromatic carbocycles. The molecule has 1 aliphatic rings. The van der Waals surface area contributed by atoms with Crippen molar-refractivity contribution in [2.45, 2.75) is 63.3 Å². The molecule has 1 saturated carbocycles. The summed E-state index contributed by atoms with van der Waals surface area (Å²) in [6.45, 7) is 0.146. The van der Waals surface area contributed by atoms with Crippen molar-refractivity contribution in [3.63, 3.8) is 0 Å². The van der Waals surface area contributed by atoms with E-state index in [1.54, 1.807) is 6.07 Å². The van der Waals surface area contributed by atoms with Crippen molar-refractivity contribution in [2.24, 2.45) is 11.7 Å². The quantitative estimate of drug-likeness (QED) is 0.646. The van der Waals surface area contributed by atoms with Crippen molar-refractivity contribution >= 4 is 18.3 Å². The van der Waals surface area contributed by atoms with E-state index in [0.29, 0.717) is 17.9 Å². The van der Waals surface area contributed by atoms with Crippen LogP contribution in [0.15, 0.2) is 24.3 Å². The SMILES string of the molecule is Cl.N[C@H](CC1CCCCC1)C(O)C(=O)NCCc1cccc(C(F)(F)F)c1. The van der Waals surface area contributed by atoms with Crippen molar-refractivity contribution < 1.29 is 23.1 Å². The van der Waals surface area contributed by atoms with E-state index in [4.69, 9.17) is 5.73 Å². The first kappa shape index (κ1) is 23.7. The molecule has 0 spiro atoms. The van der Waals surface area contributed by atoms with Crippen LogP contribution in [0.5, 0.6) is 0 Å². The van der Waals surface area contributed by atoms with E-state index < -0.39 is 29.8 Å². The second kappa shape index (κ2) is 10.9. The summed E-state index contributed by atoms with van der Waals surface area (Å²) < 4.78 is 38.1. The van der Waals surface area contributed by atoms with Gasteiger partial charge >= 0.3 is 6.18 Å². The molecule has 154 valence electrons. The summed E-state index contributed by atoms with van der Waals surface area (Å²) >= 11 is 0. The van der Waals surface area contributed by atoms with E-state index in [1.165, 1.54) is 12.5 Å². The van der Waals surface area contributed by atoms with Gasteiger partial charge in [-0.3, -0.25) is 4.79 Å². The Hall–Kier alpha value is -1.31. The van der Waals surface area contributed by atoms with Gasteiger partial charge in [0.1, 0.15) is 6.10 Å². The highest BCUT2D eigenvalue weighted by Crippen LogP contribution is 2.29. The predicted molar refractivity (Wildman–Crippen MR) is 101 cm³/mol. The average molecular weight is 409 g/mol. The summed E-state index contributed by atoms with van der Waals surface area (Å²) in [6.07, 6.45) is 0.898. The molecule has 4 nitrogen and oxygen atoms in total. The molecule has 8 heteroatoms. The molecule has 4 N–H and O–H groups in total. The number of hydrogen-bond acceptors (Lipinski definition) is 3. The number of amides is 1. The van der Waals surface area contributed by atoms with Crippen molar-refractivity contribution in [3.8, 4) is 0 Å². The van der Waals surface area contributed by atoms with Crippen LogP contribution in [0.3, 0.4) is 0 Å². The number of alkyl halides is 3. The molecule has 1 aliphatic carbocycles. The number of rotatable bonds is 7. The minimum Gasteiger partial charge on any atom is -0.382 e. The van der Waals surface area contributed by atoms with Gasteiger partial charge in [0.15, 0.2) is 0 Å². The van der Waals surface area contributed by atoms with Gasteiger partial charge in [0, 0.05) is 12.6 Å². The topological polar surface area (TPSA) is 75.3 Å². The molecule has 0 aromatic heterocycles. The minimum absolute atomic E-state index is 0. The third kappa shape index (κ3) is 7.68. The van der Waals surface area contributed by atoms with Crippen LogP contribution in [0.2, 0.25) is 0 Å². The molecule has 1 amide bonds. The lowest BCUT2D eigenvalue weighted by atomic mass is 9.84. The zero-order chi connectivity index (χ0) is 19.2. The van der Waals surface area contributed by atoms with Crippen LogP contribution < -0.4 is 11.1 Å². The van der Waals surface area contributed by atoms with E-state index in [0.717, 1.165) is 37.8 Å². The van der Waals surface area contributed by atoms with Crippen LogP contribution in [-0.4, -0.2) is 29.7 Å². The molecule has 0 saturated heterocycles. The van der Waals surface area contributed by atoms with E-state index >= 15 is 0 Å². The second-order valence-electron chi connectivity index (χ2n) is 7.09. The van der Waals surface area contributed by atoms with Gasteiger partial charge in [-0.15, -0.1) is 12.4 Å². The third-order valence-electron chi connectivity index (χ3n) is 4.97. The molecular formula is C19H28ClF3N2O2. The van der Waals surface area contributed by atoms with Gasteiger partial charge in [0.25, 0.3) is 0 Å². The van der Waals surface area contributed by atoms with Gasteiger partial charge in [0.2, 0.25) is 5.91 Å². The molecular weight excluding hydrogens is 381 g/mol. The van der Waals surface area contributed by atoms with E-state index in [-0.39, 0.29) is 25.4 Å². The van der Waals surface area contributed by atoms with E-state index in [1.807, 2.05) is 0 Å². The fourth-order valence-corrected chi connectivity index (χ4v) is 3.47. The van der Waals surface area contributed by atoms with E-state index in [9.17, 15) is 23.1 Å². The Morgan fingerprint density at radius 3 is 2.56 bits per heavy atom. The van der Waals surface area contributed by atoms with Crippen molar-refractivity contribution in [2.75, 3.05) is 6.54 Å². The number of carbonyl (C=O) groups excluding carboxylic acids is 1. The Morgan fingerprint density at radius 1 is 1.26 bits per heavy atom. The zero-order valence-electron chi connectivity index (χ0n) is 15.2. The smallest absolute Gasteiger partial charge is 0.382 e. The number of nitrogens with one attached hydrogen (secondary N) is 1. The average Bonchev–Trinajstić information content (AvgIpc) is 2.61. The lowest BCUT2D eigenvalue weighted by Crippen LogP contribution is -2.47. The molecule has 0 radical (unpaired) electrons. The first-order valence-corrected chi connectivity index (χ1v) is 9.15. The Labute approximate surface area is 164 Å². The molecule has 2 atom stereocenters. The summed E-state index contributed by atoms with van der Waals surface area (Å²) in [5, 5.41) is 12.6. The summed E-state index contributed by atoms with van der Waals surface area (Å²) in [6, 6.07) is 4.38. The highest BCUT2D eigenvalue weighted by Gasteiger charge is 2.30. The normalized spacial score (nSPS) is 17.7. The Morgan fingerprint density at radius 2 is 1.93 bits per heavy atom. The van der Waals surface area contributed by atoms with Crippen LogP contribution in [0.1, 0.15) is 49.7 Å². The van der Waals surface area contributed by atoms with Gasteiger partial charge in [-0.1, -0.05) is 50.3 Å². The van der Waals surface area contributed by atoms with Crippen molar-refractivity contribution in [1.29, 1.82) is 0 Å². The van der Waals surface area contributed by atoms with Crippen molar-refractivity contribution in [3.05, 3.63) is 35.4 Å². The number of benzene rings is 1. The monoisotopic (exact) mass is 408 g/mol. The van der Waals surface area contributed by atoms with Gasteiger partial charge in [-0.25, -0.2) is 0 Å². The second-order valence-corrected chi connectivity index (χ2v) is 7.09. The lowest BCUT2D eigenvalue weighted by Gasteiger charge is -2.26. The van der Waals surface area contributed by atoms with Crippen LogP contribution in [0.4, 0.5) is 13.2 Å². The molecule has 1 aromatic rings. The zero-order valence-corrected chi connectivity index (χ0v) is 16.0. The number of aliphatic hydroxyl groups is 1. The van der Waals surface area contributed by atoms with Gasteiger partial charge in [-0.05, 0) is 30.4 Å². The third-order valence-corrected chi connectivity index (χ3v) is 4.97. The minimum atomic E-state index is -4.39. The highest BCUT2D eigenvalue weighted by atomic mass is 35.5. The van der Waals surface area contributed by atoms with Crippen LogP contribution in [0.25, 0.3) is 0 Å². The van der Waals surface area contributed by atoms with Gasteiger partial charge in [0.05, 0.1) is 5.56 Å². The van der Waals surface area contributed by atoms with E-state index in [2.05, 4.69) is 5.32 Å². The van der Waals surface area contributed by atoms with Crippen molar-refractivity contribution in [1.82, 2.24) is 5.32 Å². The summed E-state index contributed by atoms with van der Waals surface area (Å²) in [4.78, 5) is 12.0. The standard InChI is InChI=1S/C19H27F3N2O2.ClH/c20-19(21,22)15-8-4-7-14(11-15)9-10-24-18(26)17(25)16(23)12-13-5-2-1-3-6-13;/h4,7-8,11,13,16-17,25H,1-3,5-6,9-10,12,23H2,(H,24,26);1H/t16-,17?;/m1./s1. The number of hydrogen-bond donors (Lipinski definition) is 3. The number of aliphatic hydroxyl groups excluding tert-OH is 1.